The molecule has 1 aliphatic carbocycles. The molecule has 76 heavy (non-hydrogen) atoms. The maximum absolute atomic E-state index is 15.0. The highest BCUT2D eigenvalue weighted by atomic mass is 16.7. The molecule has 11 N–H and O–H groups in total. The third-order valence-electron chi connectivity index (χ3n) is 15.9. The van der Waals surface area contributed by atoms with Gasteiger partial charge in [-0.25, -0.2) is 0 Å². The third-order valence-corrected chi connectivity index (χ3v) is 15.9. The molecule has 2 aromatic rings. The fourth-order valence-electron chi connectivity index (χ4n) is 11.3. The van der Waals surface area contributed by atoms with Gasteiger partial charge in [0.15, 0.2) is 36.7 Å². The quantitative estimate of drug-likeness (QED) is 0.110. The van der Waals surface area contributed by atoms with Crippen LogP contribution in [0.2, 0.25) is 0 Å². The van der Waals surface area contributed by atoms with E-state index in [1.54, 1.807) is 27.7 Å². The minimum absolute atomic E-state index is 0.0365. The number of ketones is 2. The Labute approximate surface area is 439 Å². The van der Waals surface area contributed by atoms with Gasteiger partial charge in [0.1, 0.15) is 66.1 Å². The van der Waals surface area contributed by atoms with Gasteiger partial charge in [0, 0.05) is 50.7 Å². The van der Waals surface area contributed by atoms with Crippen LogP contribution in [0.25, 0.3) is 10.8 Å². The van der Waals surface area contributed by atoms with Crippen LogP contribution < -0.4 is 4.74 Å². The third kappa shape index (κ3) is 11.9. The second kappa shape index (κ2) is 23.4. The van der Waals surface area contributed by atoms with Crippen molar-refractivity contribution in [2.45, 2.75) is 241 Å². The molecule has 0 amide bonds. The van der Waals surface area contributed by atoms with Gasteiger partial charge in [0.2, 0.25) is 6.29 Å². The summed E-state index contributed by atoms with van der Waals surface area (Å²) in [7, 11) is 1.18. The number of aliphatic hydroxyl groups is 9. The summed E-state index contributed by atoms with van der Waals surface area (Å²) < 4.78 is 66.5. The van der Waals surface area contributed by atoms with Crippen molar-refractivity contribution in [3.8, 4) is 17.2 Å². The Morgan fingerprint density at radius 3 is 1.70 bits per heavy atom. The first-order valence-corrected chi connectivity index (χ1v) is 26.0. The first-order chi connectivity index (χ1) is 35.7. The average Bonchev–Trinajstić information content (AvgIpc) is 3.38. The van der Waals surface area contributed by atoms with Gasteiger partial charge >= 0.3 is 0 Å². The summed E-state index contributed by atoms with van der Waals surface area (Å²) in [6.07, 6.45) is -27.0. The maximum Gasteiger partial charge on any atom is 0.202 e. The number of rotatable bonds is 15. The highest BCUT2D eigenvalue weighted by Crippen LogP contribution is 2.47. The zero-order valence-electron chi connectivity index (χ0n) is 44.0. The highest BCUT2D eigenvalue weighted by molar-refractivity contribution is 6.11. The van der Waals surface area contributed by atoms with E-state index in [9.17, 15) is 61.0 Å². The van der Waals surface area contributed by atoms with Crippen LogP contribution in [0.4, 0.5) is 0 Å². The van der Waals surface area contributed by atoms with Crippen LogP contribution in [0.3, 0.4) is 0 Å². The highest BCUT2D eigenvalue weighted by Gasteiger charge is 2.51. The zero-order chi connectivity index (χ0) is 55.6. The Morgan fingerprint density at radius 1 is 0.684 bits per heavy atom. The van der Waals surface area contributed by atoms with Gasteiger partial charge in [-0.15, -0.1) is 0 Å². The Morgan fingerprint density at radius 2 is 1.17 bits per heavy atom. The Kier molecular flexibility index (Phi) is 18.1. The molecule has 5 heterocycles. The van der Waals surface area contributed by atoms with E-state index >= 15 is 4.79 Å². The second-order valence-corrected chi connectivity index (χ2v) is 21.7. The smallest absolute Gasteiger partial charge is 0.202 e. The van der Waals surface area contributed by atoms with E-state index in [2.05, 4.69) is 0 Å². The van der Waals surface area contributed by atoms with Gasteiger partial charge in [-0.2, -0.15) is 0 Å². The lowest BCUT2D eigenvalue weighted by molar-refractivity contribution is -0.334. The maximum atomic E-state index is 15.0. The van der Waals surface area contributed by atoms with Gasteiger partial charge in [-0.05, 0) is 84.9 Å². The number of Topliss-reactive ketones (excluding diaryl/α,β-unsaturated/α-hetero) is 2. The summed E-state index contributed by atoms with van der Waals surface area (Å²) in [6.45, 7) is 12.1. The van der Waals surface area contributed by atoms with Crippen molar-refractivity contribution < 1.29 is 118 Å². The number of phenolic OH excluding ortho intramolecular Hbond substituents is 2. The van der Waals surface area contributed by atoms with Crippen molar-refractivity contribution in [1.82, 2.24) is 0 Å². The molecule has 5 saturated heterocycles. The monoisotopic (exact) mass is 1080 g/mol. The molecular weight excluding hydrogens is 1010 g/mol. The van der Waals surface area contributed by atoms with E-state index in [-0.39, 0.29) is 71.7 Å². The topological polar surface area (TPSA) is 358 Å². The fraction of sp³-hybridized carbons (Fsp3) is 0.769. The standard InChI is InChI=1S/C52H76O24/c1-18-29(72-34-14-30(43(58)21(4)68-34)73-33-13-28(54)42(57)20(3)67-33)12-26-10-25-11-27(49(66-9)48(63)41(56)19(2)53)50(47(62)39(25)46(61)38(26)40(18)55)76-36-16-31(44(59)23(6)70-36)74-35-15-32(45(60)22(5)69-35)75-37-17-52(8,65)51(64)24(7)71-37/h10,12,19-24,27-28,30-37,41-45,49-51,53-61,64-65H,11,13-17H2,1-9H3/t19-,20?,21?,22?,23?,24?,27+,28-,30-,31-,32-,33+,34+,35+,36+,37+,41+,42-,43-,44-,45-,49+,50+,51-,52+/m1/s1. The number of aromatic hydroxyl groups is 2. The van der Waals surface area contributed by atoms with Crippen molar-refractivity contribution in [3.05, 3.63) is 28.8 Å². The molecule has 24 nitrogen and oxygen atoms in total. The van der Waals surface area contributed by atoms with E-state index in [4.69, 9.17) is 52.1 Å². The summed E-state index contributed by atoms with van der Waals surface area (Å²) in [5.41, 5.74) is -1.47. The number of aliphatic hydroxyl groups excluding tert-OH is 8. The van der Waals surface area contributed by atoms with E-state index in [0.717, 1.165) is 0 Å². The molecule has 8 rings (SSSR count). The number of phenols is 2. The summed E-state index contributed by atoms with van der Waals surface area (Å²) in [5, 5.41) is 120. The average molecular weight is 1090 g/mol. The zero-order valence-corrected chi connectivity index (χ0v) is 44.0. The Bertz CT molecular complexity index is 2350. The largest absolute Gasteiger partial charge is 0.507 e. The molecule has 6 aliphatic rings. The molecule has 0 aromatic heterocycles. The number of carbonyl (C=O) groups excluding carboxylic acids is 2. The summed E-state index contributed by atoms with van der Waals surface area (Å²) in [5.74, 6) is -4.07. The van der Waals surface area contributed by atoms with Crippen molar-refractivity contribution in [1.29, 1.82) is 0 Å². The summed E-state index contributed by atoms with van der Waals surface area (Å²) in [6, 6.07) is 3.03. The second-order valence-electron chi connectivity index (χ2n) is 21.7. The molecule has 0 bridgehead atoms. The van der Waals surface area contributed by atoms with Crippen LogP contribution in [0.1, 0.15) is 102 Å². The van der Waals surface area contributed by atoms with Crippen LogP contribution in [-0.4, -0.2) is 222 Å². The molecule has 0 saturated carbocycles. The lowest BCUT2D eigenvalue weighted by Gasteiger charge is -2.46. The van der Waals surface area contributed by atoms with Gasteiger partial charge in [0.25, 0.3) is 0 Å². The van der Waals surface area contributed by atoms with Crippen LogP contribution in [0.5, 0.6) is 17.2 Å². The number of fused-ring (bicyclic) bond motifs is 2. The van der Waals surface area contributed by atoms with E-state index in [1.165, 1.54) is 46.9 Å². The normalized spacial score (nSPS) is 42.5. The Balaban J connectivity index is 1.04. The van der Waals surface area contributed by atoms with Crippen LogP contribution >= 0.6 is 0 Å². The number of hydrogen-bond donors (Lipinski definition) is 11. The number of hydrogen-bond acceptors (Lipinski definition) is 24. The minimum Gasteiger partial charge on any atom is -0.507 e. The number of benzene rings is 2. The van der Waals surface area contributed by atoms with Gasteiger partial charge < -0.3 is 108 Å². The molecular formula is C52H76O24. The summed E-state index contributed by atoms with van der Waals surface area (Å²) >= 11 is 0. The molecule has 0 spiro atoms. The predicted octanol–water partition coefficient (Wildman–Crippen LogP) is -0.249. The van der Waals surface area contributed by atoms with Gasteiger partial charge in [0.05, 0.1) is 77.6 Å². The number of ether oxygens (including phenoxy) is 11. The lowest BCUT2D eigenvalue weighted by atomic mass is 9.75. The van der Waals surface area contributed by atoms with E-state index in [0.29, 0.717) is 0 Å². The molecule has 25 atom stereocenters. The van der Waals surface area contributed by atoms with Crippen molar-refractivity contribution in [2.24, 2.45) is 5.92 Å². The van der Waals surface area contributed by atoms with Crippen molar-refractivity contribution >= 4 is 22.3 Å². The lowest BCUT2D eigenvalue weighted by Crippen LogP contribution is -2.58. The molecule has 2 aromatic carbocycles. The molecule has 24 heteroatoms. The predicted molar refractivity (Wildman–Crippen MR) is 259 cm³/mol. The Hall–Kier alpha value is -3.32. The van der Waals surface area contributed by atoms with Gasteiger partial charge in [-0.3, -0.25) is 9.59 Å². The fourth-order valence-corrected chi connectivity index (χ4v) is 11.3. The molecule has 5 aliphatic heterocycles. The molecule has 428 valence electrons. The molecule has 5 fully saturated rings. The minimum atomic E-state index is -1.95. The number of methoxy groups -OCH3 is 1. The van der Waals surface area contributed by atoms with E-state index < -0.39 is 176 Å². The first-order valence-electron chi connectivity index (χ1n) is 26.0. The number of carbonyl (C=O) groups is 2. The van der Waals surface area contributed by atoms with E-state index in [1.807, 2.05) is 0 Å². The van der Waals surface area contributed by atoms with Gasteiger partial charge in [-0.1, -0.05) is 0 Å². The van der Waals surface area contributed by atoms with Crippen LogP contribution in [-0.2, 0) is 58.6 Å². The summed E-state index contributed by atoms with van der Waals surface area (Å²) in [4.78, 5) is 28.9. The van der Waals surface area contributed by atoms with Crippen molar-refractivity contribution in [3.63, 3.8) is 0 Å². The first kappa shape index (κ1) is 58.8. The molecule has 5 unspecified atom stereocenters. The SMILES string of the molecule is CO[C@H](C(=O)[C@@H](O)[C@@H](C)O)[C@@H]1Cc2cc3cc(O[C@H]4C[C@@H](O[C@H]5C[C@@H](O)[C@H](O)C(C)O5)[C@H](O)C(C)O4)c(C)c(O)c3c(O)c2C(=O)[C@H]1O[C@H]1C[C@@H](O[C@H]2C[C@@H](O[C@H]3C[C@](C)(O)[C@H](O)C(C)O3)[C@H](O)C(C)O2)[C@H](O)C(C)O1. The van der Waals surface area contributed by atoms with Crippen molar-refractivity contribution in [2.75, 3.05) is 7.11 Å². The van der Waals surface area contributed by atoms with Crippen LogP contribution in [0.15, 0.2) is 12.1 Å². The van der Waals surface area contributed by atoms with Crippen LogP contribution in [0, 0.1) is 12.8 Å². The molecule has 0 radical (unpaired) electrons.